The first-order valence-corrected chi connectivity index (χ1v) is 8.76. The summed E-state index contributed by atoms with van der Waals surface area (Å²) < 4.78 is 27.5. The monoisotopic (exact) mass is 389 g/mol. The fraction of sp³-hybridized carbons (Fsp3) is 0.143. The molecule has 0 radical (unpaired) electrons. The van der Waals surface area contributed by atoms with E-state index in [0.717, 1.165) is 10.0 Å². The molecule has 0 heterocycles. The number of aromatic hydroxyl groups is 1. The Morgan fingerprint density at radius 3 is 2.43 bits per heavy atom. The molecule has 0 bridgehead atoms. The van der Waals surface area contributed by atoms with Gasteiger partial charge in [0.2, 0.25) is 10.0 Å². The zero-order chi connectivity index (χ0) is 15.5. The Hall–Kier alpha value is -1.08. The molecule has 2 aromatic rings. The van der Waals surface area contributed by atoms with Crippen LogP contribution in [0.15, 0.2) is 51.8 Å². The van der Waals surface area contributed by atoms with E-state index in [1.807, 2.05) is 0 Å². The highest BCUT2D eigenvalue weighted by Gasteiger charge is 2.17. The van der Waals surface area contributed by atoms with Gasteiger partial charge in [-0.3, -0.25) is 0 Å². The lowest BCUT2D eigenvalue weighted by Gasteiger charge is -2.09. The lowest BCUT2D eigenvalue weighted by atomic mass is 10.1. The number of benzene rings is 2. The number of phenolic OH excluding ortho intramolecular Hbond substituents is 1. The first-order valence-electron chi connectivity index (χ1n) is 6.11. The van der Waals surface area contributed by atoms with Gasteiger partial charge < -0.3 is 5.11 Å². The van der Waals surface area contributed by atoms with E-state index in [1.165, 1.54) is 12.1 Å². The van der Waals surface area contributed by atoms with Gasteiger partial charge in [0.05, 0.1) is 5.02 Å². The second-order valence-electron chi connectivity index (χ2n) is 4.39. The molecule has 0 aliphatic heterocycles. The van der Waals surface area contributed by atoms with E-state index in [4.69, 9.17) is 11.6 Å². The molecule has 4 nitrogen and oxygen atoms in total. The molecule has 112 valence electrons. The van der Waals surface area contributed by atoms with Crippen LogP contribution in [0.5, 0.6) is 5.75 Å². The molecule has 0 aliphatic rings. The van der Waals surface area contributed by atoms with Crippen molar-refractivity contribution in [2.24, 2.45) is 0 Å². The highest BCUT2D eigenvalue weighted by atomic mass is 79.9. The quantitative estimate of drug-likeness (QED) is 0.823. The number of rotatable bonds is 5. The maximum atomic E-state index is 12.2. The standard InChI is InChI=1S/C14H13BrClNO3S/c15-11-3-6-14(13(16)9-11)21(19,20)17-8-7-10-1-4-12(18)5-2-10/h1-6,9,17-18H,7-8H2. The molecule has 7 heteroatoms. The van der Waals surface area contributed by atoms with E-state index in [1.54, 1.807) is 30.3 Å². The summed E-state index contributed by atoms with van der Waals surface area (Å²) in [5.41, 5.74) is 0.928. The minimum Gasteiger partial charge on any atom is -0.508 e. The third kappa shape index (κ3) is 4.44. The second-order valence-corrected chi connectivity index (χ2v) is 7.45. The molecule has 0 unspecified atom stereocenters. The van der Waals surface area contributed by atoms with Gasteiger partial charge in [0, 0.05) is 11.0 Å². The number of hydrogen-bond acceptors (Lipinski definition) is 3. The van der Waals surface area contributed by atoms with Crippen molar-refractivity contribution < 1.29 is 13.5 Å². The molecule has 0 aromatic heterocycles. The maximum Gasteiger partial charge on any atom is 0.242 e. The molecular weight excluding hydrogens is 378 g/mol. The van der Waals surface area contributed by atoms with E-state index >= 15 is 0 Å². The van der Waals surface area contributed by atoms with Gasteiger partial charge in [-0.15, -0.1) is 0 Å². The summed E-state index contributed by atoms with van der Waals surface area (Å²) in [6, 6.07) is 11.2. The van der Waals surface area contributed by atoms with Crippen LogP contribution in [0.25, 0.3) is 0 Å². The van der Waals surface area contributed by atoms with Gasteiger partial charge in [0.1, 0.15) is 10.6 Å². The van der Waals surface area contributed by atoms with Crippen molar-refractivity contribution in [2.45, 2.75) is 11.3 Å². The van der Waals surface area contributed by atoms with E-state index < -0.39 is 10.0 Å². The summed E-state index contributed by atoms with van der Waals surface area (Å²) >= 11 is 9.18. The van der Waals surface area contributed by atoms with Crippen LogP contribution >= 0.6 is 27.5 Å². The Bertz CT molecular complexity index is 732. The minimum atomic E-state index is -3.64. The predicted octanol–water partition coefficient (Wildman–Crippen LogP) is 3.33. The lowest BCUT2D eigenvalue weighted by molar-refractivity contribution is 0.475. The molecule has 2 rings (SSSR count). The molecule has 0 saturated heterocycles. The predicted molar refractivity (Wildman–Crippen MR) is 86.2 cm³/mol. The van der Waals surface area contributed by atoms with E-state index in [-0.39, 0.29) is 22.2 Å². The lowest BCUT2D eigenvalue weighted by Crippen LogP contribution is -2.26. The average Bonchev–Trinajstić information content (AvgIpc) is 2.40. The van der Waals surface area contributed by atoms with Crippen LogP contribution in [0.3, 0.4) is 0 Å². The normalized spacial score (nSPS) is 11.5. The summed E-state index contributed by atoms with van der Waals surface area (Å²) in [7, 11) is -3.64. The zero-order valence-corrected chi connectivity index (χ0v) is 14.0. The second kappa shape index (κ2) is 6.79. The van der Waals surface area contributed by atoms with Crippen molar-refractivity contribution in [3.8, 4) is 5.75 Å². The summed E-state index contributed by atoms with van der Waals surface area (Å²) in [5, 5.41) is 9.35. The fourth-order valence-corrected chi connectivity index (χ4v) is 3.83. The van der Waals surface area contributed by atoms with Gasteiger partial charge in [-0.1, -0.05) is 39.7 Å². The van der Waals surface area contributed by atoms with E-state index in [9.17, 15) is 13.5 Å². The largest absolute Gasteiger partial charge is 0.508 e. The summed E-state index contributed by atoms with van der Waals surface area (Å²) in [5.74, 6) is 0.181. The van der Waals surface area contributed by atoms with Gasteiger partial charge in [-0.25, -0.2) is 13.1 Å². The maximum absolute atomic E-state index is 12.2. The van der Waals surface area contributed by atoms with Crippen molar-refractivity contribution in [2.75, 3.05) is 6.54 Å². The van der Waals surface area contributed by atoms with E-state index in [2.05, 4.69) is 20.7 Å². The first-order chi connectivity index (χ1) is 9.88. The van der Waals surface area contributed by atoms with Crippen LogP contribution in [-0.2, 0) is 16.4 Å². The van der Waals surface area contributed by atoms with Gasteiger partial charge in [0.25, 0.3) is 0 Å². The summed E-state index contributed by atoms with van der Waals surface area (Å²) in [6.45, 7) is 0.250. The fourth-order valence-electron chi connectivity index (χ4n) is 1.76. The number of halogens is 2. The van der Waals surface area contributed by atoms with Crippen molar-refractivity contribution in [3.63, 3.8) is 0 Å². The third-order valence-corrected chi connectivity index (χ3v) is 5.26. The Balaban J connectivity index is 2.03. The molecule has 21 heavy (non-hydrogen) atoms. The Labute approximate surface area is 136 Å². The number of sulfonamides is 1. The van der Waals surface area contributed by atoms with Crippen LogP contribution in [0.4, 0.5) is 0 Å². The molecule has 0 saturated carbocycles. The highest BCUT2D eigenvalue weighted by Crippen LogP contribution is 2.25. The molecule has 0 spiro atoms. The molecule has 0 atom stereocenters. The van der Waals surface area contributed by atoms with Crippen LogP contribution in [-0.4, -0.2) is 20.1 Å². The van der Waals surface area contributed by atoms with E-state index in [0.29, 0.717) is 6.42 Å². The zero-order valence-electron chi connectivity index (χ0n) is 10.9. The van der Waals surface area contributed by atoms with Crippen molar-refractivity contribution in [3.05, 3.63) is 57.5 Å². The Morgan fingerprint density at radius 1 is 1.14 bits per heavy atom. The van der Waals surface area contributed by atoms with Gasteiger partial charge >= 0.3 is 0 Å². The van der Waals surface area contributed by atoms with Crippen molar-refractivity contribution in [1.29, 1.82) is 0 Å². The van der Waals surface area contributed by atoms with Crippen LogP contribution in [0, 0.1) is 0 Å². The molecule has 2 aromatic carbocycles. The molecule has 0 fully saturated rings. The number of hydrogen-bond donors (Lipinski definition) is 2. The third-order valence-electron chi connectivity index (χ3n) is 2.83. The molecular formula is C14H13BrClNO3S. The van der Waals surface area contributed by atoms with Crippen LogP contribution in [0.1, 0.15) is 5.56 Å². The Kier molecular flexibility index (Phi) is 5.27. The number of phenols is 1. The van der Waals surface area contributed by atoms with Gasteiger partial charge in [-0.2, -0.15) is 0 Å². The minimum absolute atomic E-state index is 0.0538. The smallest absolute Gasteiger partial charge is 0.242 e. The summed E-state index contributed by atoms with van der Waals surface area (Å²) in [4.78, 5) is 0.0538. The van der Waals surface area contributed by atoms with Crippen molar-refractivity contribution in [1.82, 2.24) is 4.72 Å². The molecule has 0 amide bonds. The summed E-state index contributed by atoms with van der Waals surface area (Å²) in [6.07, 6.45) is 0.521. The molecule has 2 N–H and O–H groups in total. The van der Waals surface area contributed by atoms with Crippen molar-refractivity contribution >= 4 is 37.6 Å². The Morgan fingerprint density at radius 2 is 1.81 bits per heavy atom. The van der Waals surface area contributed by atoms with Gasteiger partial charge in [-0.05, 0) is 42.3 Å². The molecule has 0 aliphatic carbocycles. The topological polar surface area (TPSA) is 66.4 Å². The number of nitrogens with one attached hydrogen (secondary N) is 1. The van der Waals surface area contributed by atoms with Crippen LogP contribution in [0.2, 0.25) is 5.02 Å². The van der Waals surface area contributed by atoms with Crippen LogP contribution < -0.4 is 4.72 Å². The average molecular weight is 391 g/mol. The van der Waals surface area contributed by atoms with Gasteiger partial charge in [0.15, 0.2) is 0 Å². The SMILES string of the molecule is O=S(=O)(NCCc1ccc(O)cc1)c1ccc(Br)cc1Cl. The highest BCUT2D eigenvalue weighted by molar-refractivity contribution is 9.10. The first kappa shape index (κ1) is 16.3.